The maximum Gasteiger partial charge on any atom is 0.335 e. The van der Waals surface area contributed by atoms with E-state index in [0.29, 0.717) is 16.9 Å². The van der Waals surface area contributed by atoms with E-state index in [-0.39, 0.29) is 11.1 Å². The summed E-state index contributed by atoms with van der Waals surface area (Å²) in [6.45, 7) is 3.74. The highest BCUT2D eigenvalue weighted by Crippen LogP contribution is 2.24. The van der Waals surface area contributed by atoms with Gasteiger partial charge in [0.05, 0.1) is 5.56 Å². The molecular formula is C23H19N3O3. The van der Waals surface area contributed by atoms with Gasteiger partial charge < -0.3 is 15.0 Å². The molecule has 1 amide bonds. The normalized spacial score (nSPS) is 11.0. The monoisotopic (exact) mass is 385 g/mol. The zero-order chi connectivity index (χ0) is 21.0. The van der Waals surface area contributed by atoms with Crippen LogP contribution in [-0.2, 0) is 4.79 Å². The Morgan fingerprint density at radius 3 is 2.45 bits per heavy atom. The highest BCUT2D eigenvalue weighted by Gasteiger charge is 2.15. The van der Waals surface area contributed by atoms with Crippen LogP contribution in [0.25, 0.3) is 11.8 Å². The van der Waals surface area contributed by atoms with Gasteiger partial charge in [0.2, 0.25) is 0 Å². The molecule has 0 atom stereocenters. The van der Waals surface area contributed by atoms with E-state index >= 15 is 0 Å². The Kier molecular flexibility index (Phi) is 5.61. The van der Waals surface area contributed by atoms with Crippen molar-refractivity contribution < 1.29 is 14.7 Å². The first-order valence-corrected chi connectivity index (χ1v) is 8.91. The molecule has 0 unspecified atom stereocenters. The predicted octanol–water partition coefficient (Wildman–Crippen LogP) is 4.34. The molecule has 0 radical (unpaired) electrons. The van der Waals surface area contributed by atoms with E-state index in [1.807, 2.05) is 42.7 Å². The maximum atomic E-state index is 12.5. The number of amides is 1. The van der Waals surface area contributed by atoms with Crippen LogP contribution in [0.4, 0.5) is 5.69 Å². The summed E-state index contributed by atoms with van der Waals surface area (Å²) in [5.74, 6) is -1.49. The molecule has 2 aromatic carbocycles. The second-order valence-electron chi connectivity index (χ2n) is 6.51. The molecule has 3 rings (SSSR count). The van der Waals surface area contributed by atoms with E-state index in [4.69, 9.17) is 0 Å². The second-order valence-corrected chi connectivity index (χ2v) is 6.51. The number of hydrogen-bond acceptors (Lipinski definition) is 3. The van der Waals surface area contributed by atoms with Crippen molar-refractivity contribution in [2.45, 2.75) is 13.8 Å². The largest absolute Gasteiger partial charge is 0.478 e. The van der Waals surface area contributed by atoms with Crippen LogP contribution in [0.2, 0.25) is 0 Å². The van der Waals surface area contributed by atoms with Crippen molar-refractivity contribution in [3.63, 3.8) is 0 Å². The van der Waals surface area contributed by atoms with Crippen molar-refractivity contribution in [2.75, 3.05) is 5.32 Å². The van der Waals surface area contributed by atoms with Crippen LogP contribution in [0.15, 0.2) is 66.2 Å². The molecule has 3 aromatic rings. The van der Waals surface area contributed by atoms with Crippen molar-refractivity contribution in [1.29, 1.82) is 5.26 Å². The Morgan fingerprint density at radius 2 is 1.79 bits per heavy atom. The van der Waals surface area contributed by atoms with Crippen molar-refractivity contribution in [3.05, 3.63) is 88.8 Å². The first-order valence-electron chi connectivity index (χ1n) is 8.91. The number of para-hydroxylation sites is 1. The van der Waals surface area contributed by atoms with Crippen molar-refractivity contribution in [1.82, 2.24) is 4.57 Å². The third kappa shape index (κ3) is 4.25. The van der Waals surface area contributed by atoms with Crippen LogP contribution in [0.3, 0.4) is 0 Å². The summed E-state index contributed by atoms with van der Waals surface area (Å²) < 4.78 is 1.89. The molecule has 0 spiro atoms. The molecule has 0 aliphatic carbocycles. The minimum Gasteiger partial charge on any atom is -0.478 e. The Labute approximate surface area is 168 Å². The lowest BCUT2D eigenvalue weighted by molar-refractivity contribution is -0.112. The number of aromatic nitrogens is 1. The van der Waals surface area contributed by atoms with Gasteiger partial charge in [-0.2, -0.15) is 5.26 Å². The van der Waals surface area contributed by atoms with Crippen molar-refractivity contribution in [3.8, 4) is 11.8 Å². The van der Waals surface area contributed by atoms with Gasteiger partial charge >= 0.3 is 5.97 Å². The summed E-state index contributed by atoms with van der Waals surface area (Å²) in [6.07, 6.45) is 1.54. The van der Waals surface area contributed by atoms with Crippen LogP contribution in [-0.4, -0.2) is 21.6 Å². The number of carbonyl (C=O) groups excluding carboxylic acids is 1. The van der Waals surface area contributed by atoms with E-state index in [0.717, 1.165) is 11.4 Å². The topological polar surface area (TPSA) is 95.1 Å². The SMILES string of the molecule is Cc1cc(/C=C(/C#N)C(=O)Nc2ccccc2)c(C)n1-c1cccc(C(=O)O)c1. The highest BCUT2D eigenvalue weighted by molar-refractivity contribution is 6.09. The third-order valence-electron chi connectivity index (χ3n) is 4.52. The zero-order valence-corrected chi connectivity index (χ0v) is 16.0. The molecule has 29 heavy (non-hydrogen) atoms. The summed E-state index contributed by atoms with van der Waals surface area (Å²) >= 11 is 0. The van der Waals surface area contributed by atoms with E-state index in [1.165, 1.54) is 12.1 Å². The molecule has 0 fully saturated rings. The van der Waals surface area contributed by atoms with Gasteiger partial charge in [-0.15, -0.1) is 0 Å². The molecule has 0 saturated heterocycles. The molecule has 0 bridgehead atoms. The molecule has 0 aliphatic rings. The Bertz CT molecular complexity index is 1150. The molecule has 0 saturated carbocycles. The standard InChI is InChI=1S/C23H19N3O3/c1-15-11-18(12-19(14-24)22(27)25-20-8-4-3-5-9-20)16(2)26(15)21-10-6-7-17(13-21)23(28)29/h3-13H,1-2H3,(H,25,27)(H,28,29)/b19-12-. The molecular weight excluding hydrogens is 366 g/mol. The number of carboxylic acid groups (broad SMARTS) is 1. The smallest absolute Gasteiger partial charge is 0.335 e. The Hall–Kier alpha value is -4.11. The Morgan fingerprint density at radius 1 is 1.07 bits per heavy atom. The van der Waals surface area contributed by atoms with Gasteiger partial charge in [0.15, 0.2) is 0 Å². The number of carboxylic acids is 1. The van der Waals surface area contributed by atoms with Gasteiger partial charge in [-0.25, -0.2) is 4.79 Å². The van der Waals surface area contributed by atoms with Crippen LogP contribution in [0.5, 0.6) is 0 Å². The van der Waals surface area contributed by atoms with E-state index in [9.17, 15) is 20.0 Å². The van der Waals surface area contributed by atoms with Gasteiger partial charge in [-0.3, -0.25) is 4.79 Å². The molecule has 6 heteroatoms. The number of carbonyl (C=O) groups is 2. The average molecular weight is 385 g/mol. The number of hydrogen-bond donors (Lipinski definition) is 2. The first kappa shape index (κ1) is 19.6. The molecule has 0 aliphatic heterocycles. The van der Waals surface area contributed by atoms with E-state index in [2.05, 4.69) is 5.32 Å². The van der Waals surface area contributed by atoms with Crippen LogP contribution in [0, 0.1) is 25.2 Å². The fourth-order valence-corrected chi connectivity index (χ4v) is 3.13. The number of nitrogens with zero attached hydrogens (tertiary/aromatic N) is 2. The molecule has 2 N–H and O–H groups in total. The summed E-state index contributed by atoms with van der Waals surface area (Å²) in [4.78, 5) is 23.7. The van der Waals surface area contributed by atoms with Crippen LogP contribution in [0.1, 0.15) is 27.3 Å². The summed E-state index contributed by atoms with van der Waals surface area (Å²) in [6, 6.07) is 19.3. The number of anilines is 1. The number of aryl methyl sites for hydroxylation is 1. The lowest BCUT2D eigenvalue weighted by Gasteiger charge is -2.10. The molecule has 1 aromatic heterocycles. The average Bonchev–Trinajstić information content (AvgIpc) is 2.99. The number of benzene rings is 2. The van der Waals surface area contributed by atoms with Gasteiger partial charge in [-0.05, 0) is 61.9 Å². The molecule has 1 heterocycles. The number of rotatable bonds is 5. The summed E-state index contributed by atoms with van der Waals surface area (Å²) in [5.41, 5.74) is 3.84. The van der Waals surface area contributed by atoms with Gasteiger partial charge in [-0.1, -0.05) is 24.3 Å². The second kappa shape index (κ2) is 8.28. The van der Waals surface area contributed by atoms with Crippen LogP contribution >= 0.6 is 0 Å². The van der Waals surface area contributed by atoms with Gasteiger partial charge in [0, 0.05) is 22.8 Å². The van der Waals surface area contributed by atoms with E-state index < -0.39 is 11.9 Å². The lowest BCUT2D eigenvalue weighted by atomic mass is 10.1. The minimum atomic E-state index is -1.00. The first-order chi connectivity index (χ1) is 13.9. The number of nitriles is 1. The van der Waals surface area contributed by atoms with E-state index in [1.54, 1.807) is 36.4 Å². The fourth-order valence-electron chi connectivity index (χ4n) is 3.13. The predicted molar refractivity (Wildman–Crippen MR) is 111 cm³/mol. The minimum absolute atomic E-state index is 0.0200. The van der Waals surface area contributed by atoms with Gasteiger partial charge in [0.1, 0.15) is 11.6 Å². The molecule has 144 valence electrons. The van der Waals surface area contributed by atoms with Gasteiger partial charge in [0.25, 0.3) is 5.91 Å². The fraction of sp³-hybridized carbons (Fsp3) is 0.0870. The lowest BCUT2D eigenvalue weighted by Crippen LogP contribution is -2.13. The van der Waals surface area contributed by atoms with Crippen molar-refractivity contribution >= 4 is 23.6 Å². The highest BCUT2D eigenvalue weighted by atomic mass is 16.4. The van der Waals surface area contributed by atoms with Crippen molar-refractivity contribution in [2.24, 2.45) is 0 Å². The number of nitrogens with one attached hydrogen (secondary N) is 1. The third-order valence-corrected chi connectivity index (χ3v) is 4.52. The number of aromatic carboxylic acids is 1. The Balaban J connectivity index is 1.96. The molecule has 6 nitrogen and oxygen atoms in total. The van der Waals surface area contributed by atoms with Crippen LogP contribution < -0.4 is 5.32 Å². The summed E-state index contributed by atoms with van der Waals surface area (Å²) in [5, 5.41) is 21.4. The maximum absolute atomic E-state index is 12.5. The zero-order valence-electron chi connectivity index (χ0n) is 16.0. The quantitative estimate of drug-likeness (QED) is 0.504. The summed E-state index contributed by atoms with van der Waals surface area (Å²) in [7, 11) is 0.